The summed E-state index contributed by atoms with van der Waals surface area (Å²) in [5.74, 6) is 1.91. The minimum atomic E-state index is 0. The van der Waals surface area contributed by atoms with Gasteiger partial charge in [-0.1, -0.05) is 32.1 Å². The van der Waals surface area contributed by atoms with Crippen LogP contribution in [-0.2, 0) is 32.7 Å². The molecule has 1 saturated carbocycles. The molecule has 51 valence electrons. The van der Waals surface area contributed by atoms with Gasteiger partial charge in [-0.05, 0) is 0 Å². The van der Waals surface area contributed by atoms with Crippen LogP contribution in [0, 0.1) is 18.3 Å². The summed E-state index contributed by atoms with van der Waals surface area (Å²) in [5, 5.41) is 0. The van der Waals surface area contributed by atoms with Crippen molar-refractivity contribution in [2.75, 3.05) is 0 Å². The van der Waals surface area contributed by atoms with Gasteiger partial charge in [0.15, 0.2) is 0 Å². The van der Waals surface area contributed by atoms with Gasteiger partial charge >= 0.3 is 0 Å². The zero-order chi connectivity index (χ0) is 5.98. The maximum atomic E-state index is 2.43. The molecule has 0 aromatic heterocycles. The predicted octanol–water partition coefficient (Wildman–Crippen LogP) is 2.64. The summed E-state index contributed by atoms with van der Waals surface area (Å²) in [5.41, 5.74) is 0. The van der Waals surface area contributed by atoms with E-state index in [0.717, 1.165) is 11.8 Å². The van der Waals surface area contributed by atoms with E-state index in [0.29, 0.717) is 0 Å². The SMILES string of the molecule is CC1C[CH-]CC(C)C1.[Y]. The molecule has 9 heavy (non-hydrogen) atoms. The van der Waals surface area contributed by atoms with Gasteiger partial charge in [-0.3, -0.25) is 0 Å². The maximum absolute atomic E-state index is 2.43. The van der Waals surface area contributed by atoms with E-state index in [-0.39, 0.29) is 32.7 Å². The Morgan fingerprint density at radius 1 is 1.11 bits per heavy atom. The van der Waals surface area contributed by atoms with Crippen LogP contribution in [0.25, 0.3) is 0 Å². The molecule has 0 N–H and O–H groups in total. The molecule has 2 atom stereocenters. The summed E-state index contributed by atoms with van der Waals surface area (Å²) in [6.45, 7) is 4.68. The average molecular weight is 200 g/mol. The van der Waals surface area contributed by atoms with Gasteiger partial charge in [0, 0.05) is 32.7 Å². The van der Waals surface area contributed by atoms with E-state index in [1.54, 1.807) is 0 Å². The zero-order valence-electron chi connectivity index (χ0n) is 6.43. The largest absolute Gasteiger partial charge is 0.328 e. The molecule has 1 radical (unpaired) electrons. The predicted molar refractivity (Wildman–Crippen MR) is 36.5 cm³/mol. The minimum Gasteiger partial charge on any atom is -0.328 e. The molecule has 1 aliphatic rings. The molecule has 0 spiro atoms. The van der Waals surface area contributed by atoms with E-state index in [1.807, 2.05) is 0 Å². The Hall–Kier alpha value is 1.10. The van der Waals surface area contributed by atoms with Crippen molar-refractivity contribution in [3.05, 3.63) is 6.42 Å². The normalized spacial score (nSPS) is 35.3. The second-order valence-corrected chi connectivity index (χ2v) is 3.21. The first-order chi connectivity index (χ1) is 3.79. The Kier molecular flexibility index (Phi) is 5.44. The van der Waals surface area contributed by atoms with Crippen molar-refractivity contribution in [2.45, 2.75) is 33.1 Å². The topological polar surface area (TPSA) is 0 Å². The molecule has 0 amide bonds. The standard InChI is InChI=1S/C8H15.Y/c1-7-4-3-5-8(2)6-7;/h3,7-8H,4-6H2,1-2H3;/q-1;. The van der Waals surface area contributed by atoms with Crippen molar-refractivity contribution >= 4 is 0 Å². The van der Waals surface area contributed by atoms with Crippen molar-refractivity contribution in [1.29, 1.82) is 0 Å². The van der Waals surface area contributed by atoms with Crippen LogP contribution in [0.15, 0.2) is 0 Å². The van der Waals surface area contributed by atoms with E-state index in [1.165, 1.54) is 19.3 Å². The molecule has 1 rings (SSSR count). The van der Waals surface area contributed by atoms with Crippen LogP contribution in [0.2, 0.25) is 0 Å². The van der Waals surface area contributed by atoms with Gasteiger partial charge in [0.25, 0.3) is 0 Å². The second-order valence-electron chi connectivity index (χ2n) is 3.21. The Morgan fingerprint density at radius 3 is 1.78 bits per heavy atom. The van der Waals surface area contributed by atoms with Crippen LogP contribution >= 0.6 is 0 Å². The minimum absolute atomic E-state index is 0. The smallest absolute Gasteiger partial charge is 0 e. The van der Waals surface area contributed by atoms with E-state index in [9.17, 15) is 0 Å². The van der Waals surface area contributed by atoms with Gasteiger partial charge < -0.3 is 6.42 Å². The third-order valence-electron chi connectivity index (χ3n) is 1.94. The molecular formula is C8H15Y-. The molecule has 0 bridgehead atoms. The average Bonchev–Trinajstić information content (AvgIpc) is 1.64. The van der Waals surface area contributed by atoms with Gasteiger partial charge in [0.05, 0.1) is 0 Å². The summed E-state index contributed by atoms with van der Waals surface area (Å²) in [7, 11) is 0. The fraction of sp³-hybridized carbons (Fsp3) is 0.875. The van der Waals surface area contributed by atoms with Gasteiger partial charge in [0.2, 0.25) is 0 Å². The summed E-state index contributed by atoms with van der Waals surface area (Å²) in [6.07, 6.45) is 6.57. The first-order valence-electron chi connectivity index (χ1n) is 3.60. The molecule has 0 heterocycles. The van der Waals surface area contributed by atoms with Crippen molar-refractivity contribution in [2.24, 2.45) is 11.8 Å². The van der Waals surface area contributed by atoms with Crippen molar-refractivity contribution < 1.29 is 32.7 Å². The van der Waals surface area contributed by atoms with E-state index in [2.05, 4.69) is 20.3 Å². The van der Waals surface area contributed by atoms with Crippen molar-refractivity contribution in [3.8, 4) is 0 Å². The van der Waals surface area contributed by atoms with Gasteiger partial charge in [0.1, 0.15) is 0 Å². The van der Waals surface area contributed by atoms with E-state index < -0.39 is 0 Å². The summed E-state index contributed by atoms with van der Waals surface area (Å²) in [6, 6.07) is 0. The quantitative estimate of drug-likeness (QED) is 0.527. The summed E-state index contributed by atoms with van der Waals surface area (Å²) >= 11 is 0. The van der Waals surface area contributed by atoms with E-state index in [4.69, 9.17) is 0 Å². The van der Waals surface area contributed by atoms with Gasteiger partial charge in [-0.15, -0.1) is 0 Å². The van der Waals surface area contributed by atoms with Gasteiger partial charge in [-0.25, -0.2) is 0 Å². The fourth-order valence-electron chi connectivity index (χ4n) is 1.54. The number of hydrogen-bond donors (Lipinski definition) is 0. The number of rotatable bonds is 0. The third kappa shape index (κ3) is 3.73. The third-order valence-corrected chi connectivity index (χ3v) is 1.94. The molecule has 1 fully saturated rings. The van der Waals surface area contributed by atoms with Crippen molar-refractivity contribution in [3.63, 3.8) is 0 Å². The Balaban J connectivity index is 0.000000640. The van der Waals surface area contributed by atoms with Crippen LogP contribution in [0.5, 0.6) is 0 Å². The molecule has 0 saturated heterocycles. The first kappa shape index (κ1) is 10.1. The second kappa shape index (κ2) is 4.85. The first-order valence-corrected chi connectivity index (χ1v) is 3.60. The van der Waals surface area contributed by atoms with Crippen LogP contribution in [-0.4, -0.2) is 0 Å². The molecule has 1 heteroatoms. The summed E-state index contributed by atoms with van der Waals surface area (Å²) in [4.78, 5) is 0. The monoisotopic (exact) mass is 200 g/mol. The Morgan fingerprint density at radius 2 is 1.56 bits per heavy atom. The van der Waals surface area contributed by atoms with E-state index >= 15 is 0 Å². The van der Waals surface area contributed by atoms with Crippen molar-refractivity contribution in [1.82, 2.24) is 0 Å². The molecule has 1 aliphatic carbocycles. The van der Waals surface area contributed by atoms with Crippen LogP contribution in [0.1, 0.15) is 33.1 Å². The Labute approximate surface area is 83.7 Å². The van der Waals surface area contributed by atoms with Crippen LogP contribution in [0.3, 0.4) is 0 Å². The molecule has 0 aromatic rings. The molecule has 0 nitrogen and oxygen atoms in total. The molecule has 2 unspecified atom stereocenters. The summed E-state index contributed by atoms with van der Waals surface area (Å²) < 4.78 is 0. The molecular weight excluding hydrogens is 185 g/mol. The maximum Gasteiger partial charge on any atom is 0 e. The zero-order valence-corrected chi connectivity index (χ0v) is 9.27. The van der Waals surface area contributed by atoms with Crippen LogP contribution in [0.4, 0.5) is 0 Å². The van der Waals surface area contributed by atoms with Gasteiger partial charge in [-0.2, -0.15) is 12.8 Å². The fourth-order valence-corrected chi connectivity index (χ4v) is 1.54. The molecule has 0 aromatic carbocycles. The van der Waals surface area contributed by atoms with Crippen LogP contribution < -0.4 is 0 Å². The Bertz CT molecular complexity index is 63.0. The number of hydrogen-bond acceptors (Lipinski definition) is 0. The molecule has 0 aliphatic heterocycles.